The molecule has 0 saturated heterocycles. The lowest BCUT2D eigenvalue weighted by Crippen LogP contribution is -2.52. The van der Waals surface area contributed by atoms with E-state index in [1.807, 2.05) is 31.2 Å². The highest BCUT2D eigenvalue weighted by atomic mass is 35.5. The summed E-state index contributed by atoms with van der Waals surface area (Å²) in [4.78, 5) is 47.3. The first-order chi connectivity index (χ1) is 18.7. The number of fused-ring (bicyclic) bond motifs is 2. The number of benzene rings is 1. The van der Waals surface area contributed by atoms with E-state index in [0.29, 0.717) is 40.7 Å². The average molecular weight is 549 g/mol. The van der Waals surface area contributed by atoms with Crippen LogP contribution in [0.1, 0.15) is 38.2 Å². The van der Waals surface area contributed by atoms with Crippen molar-refractivity contribution in [1.29, 1.82) is 0 Å². The average Bonchev–Trinajstić information content (AvgIpc) is 3.55. The SMILES string of the molecule is CC/C(=C\C=C1/CCC2(C1)C(=O)Nc1ncccc12)NC(=O)CN1c2ccc(Cl)c3c2N(CC(=O)N3C)C1O. The molecule has 39 heavy (non-hydrogen) atoms. The van der Waals surface area contributed by atoms with Gasteiger partial charge in [0.2, 0.25) is 24.1 Å². The molecule has 3 N–H and O–H groups in total. The largest absolute Gasteiger partial charge is 0.356 e. The zero-order chi connectivity index (χ0) is 27.5. The quantitative estimate of drug-likeness (QED) is 0.525. The number of allylic oxidation sites excluding steroid dienone is 4. The molecule has 1 spiro atoms. The highest BCUT2D eigenvalue weighted by Crippen LogP contribution is 2.51. The normalized spacial score (nSPS) is 24.5. The van der Waals surface area contributed by atoms with Crippen molar-refractivity contribution in [2.75, 3.05) is 40.2 Å². The number of carbonyl (C=O) groups is 3. The van der Waals surface area contributed by atoms with Crippen LogP contribution in [0.15, 0.2) is 53.9 Å². The third-order valence-corrected chi connectivity index (χ3v) is 8.46. The Labute approximate surface area is 230 Å². The lowest BCUT2D eigenvalue weighted by molar-refractivity contribution is -0.121. The zero-order valence-electron chi connectivity index (χ0n) is 21.7. The molecule has 2 aromatic rings. The number of halogens is 1. The van der Waals surface area contributed by atoms with Gasteiger partial charge < -0.3 is 30.4 Å². The molecule has 2 unspecified atom stereocenters. The lowest BCUT2D eigenvalue weighted by atomic mass is 9.80. The van der Waals surface area contributed by atoms with Gasteiger partial charge >= 0.3 is 0 Å². The van der Waals surface area contributed by atoms with Crippen LogP contribution in [0.3, 0.4) is 0 Å². The van der Waals surface area contributed by atoms with Gasteiger partial charge in [-0.1, -0.05) is 36.2 Å². The maximum absolute atomic E-state index is 13.1. The molecule has 2 atom stereocenters. The first kappa shape index (κ1) is 25.4. The molecule has 1 saturated carbocycles. The molecule has 1 aromatic heterocycles. The molecule has 6 rings (SSSR count). The first-order valence-corrected chi connectivity index (χ1v) is 13.4. The first-order valence-electron chi connectivity index (χ1n) is 13.0. The van der Waals surface area contributed by atoms with Gasteiger partial charge in [-0.05, 0) is 50.0 Å². The maximum Gasteiger partial charge on any atom is 0.246 e. The van der Waals surface area contributed by atoms with Gasteiger partial charge in [0, 0.05) is 24.5 Å². The number of nitrogens with zero attached hydrogens (tertiary/aromatic N) is 4. The van der Waals surface area contributed by atoms with Crippen molar-refractivity contribution in [3.05, 3.63) is 64.5 Å². The van der Waals surface area contributed by atoms with Gasteiger partial charge in [0.25, 0.3) is 0 Å². The number of aromatic nitrogens is 1. The number of pyridine rings is 1. The number of amides is 3. The van der Waals surface area contributed by atoms with Crippen molar-refractivity contribution >= 4 is 52.2 Å². The number of anilines is 4. The summed E-state index contributed by atoms with van der Waals surface area (Å²) in [5, 5.41) is 17.3. The van der Waals surface area contributed by atoms with Crippen molar-refractivity contribution in [3.63, 3.8) is 0 Å². The van der Waals surface area contributed by atoms with Crippen LogP contribution in [-0.2, 0) is 19.8 Å². The van der Waals surface area contributed by atoms with Crippen LogP contribution in [0.4, 0.5) is 22.9 Å². The number of aliphatic hydroxyl groups is 1. The van der Waals surface area contributed by atoms with E-state index in [4.69, 9.17) is 11.6 Å². The molecule has 0 radical (unpaired) electrons. The number of nitrogens with one attached hydrogen (secondary N) is 2. The molecule has 202 valence electrons. The highest BCUT2D eigenvalue weighted by molar-refractivity contribution is 6.35. The Kier molecular flexibility index (Phi) is 6.11. The molecular formula is C28H29ClN6O4. The van der Waals surface area contributed by atoms with Crippen LogP contribution in [0.25, 0.3) is 0 Å². The Morgan fingerprint density at radius 1 is 1.31 bits per heavy atom. The van der Waals surface area contributed by atoms with Gasteiger partial charge in [-0.3, -0.25) is 14.4 Å². The molecule has 10 nitrogen and oxygen atoms in total. The van der Waals surface area contributed by atoms with Crippen molar-refractivity contribution in [2.24, 2.45) is 0 Å². The second kappa shape index (κ2) is 9.39. The number of rotatable bonds is 5. The van der Waals surface area contributed by atoms with Crippen molar-refractivity contribution in [2.45, 2.75) is 44.4 Å². The fourth-order valence-electron chi connectivity index (χ4n) is 6.08. The number of aliphatic hydroxyl groups excluding tert-OH is 1. The fraction of sp³-hybridized carbons (Fsp3) is 0.357. The van der Waals surface area contributed by atoms with E-state index in [9.17, 15) is 19.5 Å². The van der Waals surface area contributed by atoms with Crippen molar-refractivity contribution < 1.29 is 19.5 Å². The van der Waals surface area contributed by atoms with Crippen molar-refractivity contribution in [3.8, 4) is 0 Å². The Bertz CT molecular complexity index is 1470. The zero-order valence-corrected chi connectivity index (χ0v) is 22.5. The predicted octanol–water partition coefficient (Wildman–Crippen LogP) is 3.02. The summed E-state index contributed by atoms with van der Waals surface area (Å²) in [7, 11) is 1.65. The van der Waals surface area contributed by atoms with E-state index >= 15 is 0 Å². The summed E-state index contributed by atoms with van der Waals surface area (Å²) in [6, 6.07) is 7.25. The van der Waals surface area contributed by atoms with Crippen LogP contribution < -0.4 is 25.3 Å². The van der Waals surface area contributed by atoms with Gasteiger partial charge in [0.15, 0.2) is 0 Å². The van der Waals surface area contributed by atoms with Crippen LogP contribution in [0.5, 0.6) is 0 Å². The predicted molar refractivity (Wildman–Crippen MR) is 149 cm³/mol. The fourth-order valence-corrected chi connectivity index (χ4v) is 6.35. The monoisotopic (exact) mass is 548 g/mol. The van der Waals surface area contributed by atoms with Gasteiger partial charge in [0.05, 0.1) is 27.5 Å². The molecule has 4 heterocycles. The van der Waals surface area contributed by atoms with Crippen LogP contribution >= 0.6 is 11.6 Å². The smallest absolute Gasteiger partial charge is 0.246 e. The van der Waals surface area contributed by atoms with Crippen LogP contribution in [-0.4, -0.2) is 54.3 Å². The van der Waals surface area contributed by atoms with Gasteiger partial charge in [0.1, 0.15) is 18.9 Å². The van der Waals surface area contributed by atoms with E-state index in [-0.39, 0.29) is 30.8 Å². The summed E-state index contributed by atoms with van der Waals surface area (Å²) < 4.78 is 0. The minimum Gasteiger partial charge on any atom is -0.356 e. The molecular weight excluding hydrogens is 520 g/mol. The third-order valence-electron chi connectivity index (χ3n) is 8.16. The summed E-state index contributed by atoms with van der Waals surface area (Å²) in [6.07, 6.45) is 7.12. The second-order valence-electron chi connectivity index (χ2n) is 10.3. The Hall–Kier alpha value is -3.89. The summed E-state index contributed by atoms with van der Waals surface area (Å²) in [5.41, 5.74) is 4.05. The Morgan fingerprint density at radius 2 is 2.13 bits per heavy atom. The molecule has 11 heteroatoms. The van der Waals surface area contributed by atoms with Gasteiger partial charge in [-0.25, -0.2) is 4.98 Å². The third kappa shape index (κ3) is 3.97. The highest BCUT2D eigenvalue weighted by Gasteiger charge is 2.50. The molecule has 1 fully saturated rings. The summed E-state index contributed by atoms with van der Waals surface area (Å²) >= 11 is 6.38. The molecule has 4 aliphatic rings. The summed E-state index contributed by atoms with van der Waals surface area (Å²) in [5.74, 6) is 0.153. The van der Waals surface area contributed by atoms with E-state index in [0.717, 1.165) is 29.7 Å². The lowest BCUT2D eigenvalue weighted by Gasteiger charge is -2.34. The van der Waals surface area contributed by atoms with Crippen LogP contribution in [0.2, 0.25) is 5.02 Å². The van der Waals surface area contributed by atoms with Gasteiger partial charge in [-0.15, -0.1) is 0 Å². The molecule has 1 aromatic carbocycles. The van der Waals surface area contributed by atoms with Crippen LogP contribution in [0, 0.1) is 0 Å². The van der Waals surface area contributed by atoms with E-state index in [1.54, 1.807) is 35.2 Å². The molecule has 3 aliphatic heterocycles. The Morgan fingerprint density at radius 3 is 2.92 bits per heavy atom. The van der Waals surface area contributed by atoms with Crippen molar-refractivity contribution in [1.82, 2.24) is 10.3 Å². The van der Waals surface area contributed by atoms with Gasteiger partial charge in [-0.2, -0.15) is 0 Å². The second-order valence-corrected chi connectivity index (χ2v) is 10.8. The number of likely N-dealkylation sites (N-methyl/N-ethyl adjacent to an activating group) is 1. The van der Waals surface area contributed by atoms with E-state index in [2.05, 4.69) is 15.6 Å². The van der Waals surface area contributed by atoms with E-state index < -0.39 is 11.8 Å². The molecule has 1 aliphatic carbocycles. The standard InChI is InChI=1S/C28H29ClN6O4/c1-3-17(7-6-16-10-11-28(13-16)18-5-4-12-30-25(18)32-26(28)38)31-21(36)14-34-20-9-8-19(29)23-24(20)35(27(34)39)15-22(37)33(23)2/h4-9,12,27,39H,3,10-11,13-15H2,1-2H3,(H,31,36)(H,30,32,38)/b16-6+,17-7+. The maximum atomic E-state index is 13.1. The Balaban J connectivity index is 1.17. The number of hydrogen-bond acceptors (Lipinski definition) is 7. The molecule has 3 amide bonds. The van der Waals surface area contributed by atoms with E-state index in [1.165, 1.54) is 4.90 Å². The topological polar surface area (TPSA) is 118 Å². The number of hydrogen-bond donors (Lipinski definition) is 3. The summed E-state index contributed by atoms with van der Waals surface area (Å²) in [6.45, 7) is 1.83. The molecule has 0 bridgehead atoms. The minimum absolute atomic E-state index is 0.00705. The minimum atomic E-state index is -1.17. The number of carbonyl (C=O) groups excluding carboxylic acids is 3.